The normalized spacial score (nSPS) is 11.6. The van der Waals surface area contributed by atoms with E-state index in [0.29, 0.717) is 17.5 Å². The van der Waals surface area contributed by atoms with Crippen LogP contribution >= 0.6 is 0 Å². The van der Waals surface area contributed by atoms with E-state index in [1.54, 1.807) is 6.92 Å². The van der Waals surface area contributed by atoms with Gasteiger partial charge in [-0.15, -0.1) is 0 Å². The Bertz CT molecular complexity index is 414. The van der Waals surface area contributed by atoms with E-state index in [2.05, 4.69) is 32.7 Å². The molecule has 2 N–H and O–H groups in total. The van der Waals surface area contributed by atoms with Crippen LogP contribution in [0.5, 0.6) is 0 Å². The van der Waals surface area contributed by atoms with Gasteiger partial charge < -0.3 is 17.6 Å². The van der Waals surface area contributed by atoms with Crippen molar-refractivity contribution in [1.82, 2.24) is 0 Å². The van der Waals surface area contributed by atoms with Crippen LogP contribution in [-0.4, -0.2) is 22.2 Å². The van der Waals surface area contributed by atoms with Gasteiger partial charge in [0.05, 0.1) is 11.4 Å². The molecule has 0 atom stereocenters. The van der Waals surface area contributed by atoms with Gasteiger partial charge in [-0.2, -0.15) is 0 Å². The van der Waals surface area contributed by atoms with E-state index in [9.17, 15) is 0 Å². The number of aliphatic hydroxyl groups excluding tert-OH is 1. The molecule has 1 aromatic carbocycles. The third-order valence-corrected chi connectivity index (χ3v) is 3.00. The quantitative estimate of drug-likeness (QED) is 0.383. The van der Waals surface area contributed by atoms with Crippen molar-refractivity contribution in [2.75, 3.05) is 0 Å². The number of nitrogens with zero attached hydrogens (tertiary/aromatic N) is 1. The van der Waals surface area contributed by atoms with Crippen LogP contribution in [0.2, 0.25) is 0 Å². The summed E-state index contributed by atoms with van der Waals surface area (Å²) in [4.78, 5) is 4.42. The molecular weight excluding hydrogens is 297 g/mol. The van der Waals surface area contributed by atoms with E-state index in [1.165, 1.54) is 0 Å². The van der Waals surface area contributed by atoms with Crippen molar-refractivity contribution in [3.63, 3.8) is 0 Å². The monoisotopic (exact) mass is 322 g/mol. The van der Waals surface area contributed by atoms with E-state index in [-0.39, 0.29) is 23.9 Å². The first-order valence-electron chi connectivity index (χ1n) is 6.38. The molecular formula is C16H26NNiO2-. The van der Waals surface area contributed by atoms with Gasteiger partial charge in [0.15, 0.2) is 6.29 Å². The van der Waals surface area contributed by atoms with Gasteiger partial charge in [0.2, 0.25) is 0 Å². The molecule has 0 aliphatic rings. The number of aliphatic imine (C=N–C) groups is 1. The van der Waals surface area contributed by atoms with Crippen LogP contribution in [-0.2, 0) is 16.5 Å². The minimum absolute atomic E-state index is 0. The summed E-state index contributed by atoms with van der Waals surface area (Å²) in [7, 11) is 0. The maximum Gasteiger partial charge on any atom is 0.191 e. The molecule has 0 saturated heterocycles. The Labute approximate surface area is 133 Å². The molecule has 0 radical (unpaired) electrons. The van der Waals surface area contributed by atoms with Crippen LogP contribution < -0.4 is 0 Å². The van der Waals surface area contributed by atoms with Gasteiger partial charge in [-0.3, -0.25) is 4.99 Å². The van der Waals surface area contributed by atoms with Gasteiger partial charge in [-0.1, -0.05) is 45.9 Å². The van der Waals surface area contributed by atoms with Crippen molar-refractivity contribution >= 4 is 11.4 Å². The first kappa shape index (κ1) is 21.6. The molecule has 1 aromatic rings. The smallest absolute Gasteiger partial charge is 0.191 e. The molecule has 20 heavy (non-hydrogen) atoms. The third kappa shape index (κ3) is 5.36. The third-order valence-electron chi connectivity index (χ3n) is 3.00. The van der Waals surface area contributed by atoms with Crippen molar-refractivity contribution in [1.29, 1.82) is 0 Å². The average molecular weight is 323 g/mol. The summed E-state index contributed by atoms with van der Waals surface area (Å²) >= 11 is 0. The SMILES string of the molecule is CC(=Nc1c(C(C)C)cccc1C(C)C)C(O)O.[CH3-].[Ni]. The molecule has 118 valence electrons. The van der Waals surface area contributed by atoms with Crippen LogP contribution in [0.4, 0.5) is 5.69 Å². The largest absolute Gasteiger partial charge is 0.363 e. The Morgan fingerprint density at radius 1 is 1.00 bits per heavy atom. The van der Waals surface area contributed by atoms with Gasteiger partial charge in [0, 0.05) is 16.5 Å². The average Bonchev–Trinajstić information content (AvgIpc) is 2.28. The molecule has 0 spiro atoms. The van der Waals surface area contributed by atoms with Crippen LogP contribution in [0.3, 0.4) is 0 Å². The van der Waals surface area contributed by atoms with Gasteiger partial charge in [0.1, 0.15) is 0 Å². The fourth-order valence-corrected chi connectivity index (χ4v) is 1.87. The number of hydrogen-bond acceptors (Lipinski definition) is 3. The molecule has 3 nitrogen and oxygen atoms in total. The Kier molecular flexibility index (Phi) is 10.0. The second kappa shape index (κ2) is 9.28. The summed E-state index contributed by atoms with van der Waals surface area (Å²) in [6, 6.07) is 6.13. The number of rotatable bonds is 4. The maximum absolute atomic E-state index is 9.17. The first-order valence-corrected chi connectivity index (χ1v) is 6.38. The minimum Gasteiger partial charge on any atom is -0.363 e. The van der Waals surface area contributed by atoms with Crippen molar-refractivity contribution in [2.24, 2.45) is 4.99 Å². The van der Waals surface area contributed by atoms with Gasteiger partial charge in [-0.05, 0) is 29.9 Å². The van der Waals surface area contributed by atoms with E-state index in [1.807, 2.05) is 18.2 Å². The molecule has 0 unspecified atom stereocenters. The topological polar surface area (TPSA) is 52.8 Å². The molecule has 1 rings (SSSR count). The van der Waals surface area contributed by atoms with E-state index >= 15 is 0 Å². The van der Waals surface area contributed by atoms with E-state index in [4.69, 9.17) is 10.2 Å². The predicted molar refractivity (Wildman–Crippen MR) is 82.0 cm³/mol. The number of hydrogen-bond donors (Lipinski definition) is 2. The Balaban J connectivity index is 0. The molecule has 0 bridgehead atoms. The number of benzene rings is 1. The summed E-state index contributed by atoms with van der Waals surface area (Å²) in [6.07, 6.45) is -1.50. The second-order valence-corrected chi connectivity index (χ2v) is 5.22. The Hall–Kier alpha value is -0.696. The fourth-order valence-electron chi connectivity index (χ4n) is 1.87. The molecule has 4 heteroatoms. The summed E-state index contributed by atoms with van der Waals surface area (Å²) < 4.78 is 0. The summed E-state index contributed by atoms with van der Waals surface area (Å²) in [6.45, 7) is 10.1. The molecule has 0 aliphatic heterocycles. The molecule has 0 aliphatic carbocycles. The van der Waals surface area contributed by atoms with Crippen molar-refractivity contribution in [3.05, 3.63) is 36.8 Å². The van der Waals surface area contributed by atoms with Crippen molar-refractivity contribution in [3.8, 4) is 0 Å². The van der Waals surface area contributed by atoms with Crippen LogP contribution in [0.15, 0.2) is 23.2 Å². The van der Waals surface area contributed by atoms with E-state index < -0.39 is 6.29 Å². The second-order valence-electron chi connectivity index (χ2n) is 5.22. The van der Waals surface area contributed by atoms with Crippen LogP contribution in [0.25, 0.3) is 0 Å². The molecule has 0 fully saturated rings. The Morgan fingerprint density at radius 2 is 1.40 bits per heavy atom. The summed E-state index contributed by atoms with van der Waals surface area (Å²) in [5, 5.41) is 18.3. The maximum atomic E-state index is 9.17. The number of aliphatic hydroxyl groups is 2. The zero-order valence-electron chi connectivity index (χ0n) is 13.1. The molecule has 0 saturated carbocycles. The van der Waals surface area contributed by atoms with Gasteiger partial charge >= 0.3 is 0 Å². The summed E-state index contributed by atoms with van der Waals surface area (Å²) in [5.41, 5.74) is 3.49. The predicted octanol–water partition coefficient (Wildman–Crippen LogP) is 3.78. The fraction of sp³-hybridized carbons (Fsp3) is 0.500. The van der Waals surface area contributed by atoms with Crippen molar-refractivity contribution < 1.29 is 26.7 Å². The standard InChI is InChI=1S/C15H23NO2.CH3.Ni/c1-9(2)12-7-6-8-13(10(3)4)14(12)16-11(5)15(17)18;;/h6-10,15,17-18H,1-5H3;1H3;/q;-1;. The summed E-state index contributed by atoms with van der Waals surface area (Å²) in [5.74, 6) is 0.706. The van der Waals surface area contributed by atoms with Crippen molar-refractivity contribution in [2.45, 2.75) is 52.7 Å². The molecule has 0 heterocycles. The molecule has 0 aromatic heterocycles. The number of para-hydroxylation sites is 1. The van der Waals surface area contributed by atoms with Crippen LogP contribution in [0.1, 0.15) is 57.6 Å². The zero-order chi connectivity index (χ0) is 13.9. The van der Waals surface area contributed by atoms with E-state index in [0.717, 1.165) is 16.8 Å². The van der Waals surface area contributed by atoms with Gasteiger partial charge in [0.25, 0.3) is 0 Å². The molecule has 0 amide bonds. The van der Waals surface area contributed by atoms with Crippen LogP contribution in [0, 0.1) is 7.43 Å². The van der Waals surface area contributed by atoms with Gasteiger partial charge in [-0.25, -0.2) is 0 Å². The minimum atomic E-state index is -1.50. The Morgan fingerprint density at radius 3 is 1.70 bits per heavy atom. The zero-order valence-corrected chi connectivity index (χ0v) is 14.1. The first-order chi connectivity index (χ1) is 8.34.